The Bertz CT molecular complexity index is 2240. The average Bonchev–Trinajstić information content (AvgIpc) is 3.32. The van der Waals surface area contributed by atoms with Crippen molar-refractivity contribution >= 4 is 86.3 Å². The number of carbonyl (C=O) groups excluding carboxylic acids is 11. The maximum atomic E-state index is 14.7. The number of phenolic OH excluding ortho intramolecular Hbond substituents is 1. The topological polar surface area (TPSA) is 386 Å². The largest absolute Gasteiger partial charge is 0.508 e. The van der Waals surface area contributed by atoms with Crippen molar-refractivity contribution in [1.29, 1.82) is 0 Å². The number of pyridine rings is 1. The number of primary amides is 3. The standard InChI is InChI=1S/C46H66N12O12S2/c1-5-26(4)40-45(69)54-30(10-11-35(47)60)41(65)42(66)31(20-36(48)61)56-57-34(24-72-71-17-14-38(63)52-33(44(68)55-40)19-27-6-8-29(59)9-7-27)46(70)58(22-28-12-15-50-16-13-28)23-39(64)53-32(18-25(2)3)43(67)51-21-37(49)62/h6-9,12-13,15-16,25-26,30-34,40,56-57,59H,5,10-11,14,17-24H2,1-4H3,(H2,47,60)(H2,48,61)(H2,49,62)(H,51,67)(H,52,63)(H,53,64)(H,54,69)(H,55,68)/t26-,30-,31-,32-,33-,34-,40-/m0/s1. The summed E-state index contributed by atoms with van der Waals surface area (Å²) in [6, 6.07) is 0.494. The van der Waals surface area contributed by atoms with Crippen LogP contribution in [0.4, 0.5) is 0 Å². The molecule has 0 spiro atoms. The number of amides is 9. The minimum Gasteiger partial charge on any atom is -0.508 e. The number of nitrogens with zero attached hydrogens (tertiary/aromatic N) is 2. The third-order valence-corrected chi connectivity index (χ3v) is 13.5. The third-order valence-electron chi connectivity index (χ3n) is 11.1. The predicted octanol–water partition coefficient (Wildman–Crippen LogP) is -2.11. The molecule has 24 nitrogen and oxygen atoms in total. The number of phenols is 1. The van der Waals surface area contributed by atoms with E-state index in [1.54, 1.807) is 38.1 Å². The van der Waals surface area contributed by atoms with Crippen molar-refractivity contribution < 1.29 is 57.8 Å². The van der Waals surface area contributed by atoms with Crippen molar-refractivity contribution in [3.63, 3.8) is 0 Å². The molecule has 3 rings (SSSR count). The van der Waals surface area contributed by atoms with Crippen LogP contribution in [0.5, 0.6) is 5.75 Å². The minimum atomic E-state index is -1.77. The normalized spacial score (nSPS) is 20.7. The fourth-order valence-electron chi connectivity index (χ4n) is 7.11. The van der Waals surface area contributed by atoms with E-state index >= 15 is 0 Å². The van der Waals surface area contributed by atoms with Crippen LogP contribution in [-0.2, 0) is 65.7 Å². The molecule has 1 aliphatic rings. The highest BCUT2D eigenvalue weighted by Gasteiger charge is 2.38. The van der Waals surface area contributed by atoms with Crippen molar-refractivity contribution in [3.8, 4) is 5.75 Å². The molecule has 0 unspecified atom stereocenters. The number of nitrogens with two attached hydrogens (primary N) is 3. The lowest BCUT2D eigenvalue weighted by Crippen LogP contribution is -2.61. The van der Waals surface area contributed by atoms with Gasteiger partial charge in [-0.1, -0.05) is 67.8 Å². The van der Waals surface area contributed by atoms with Gasteiger partial charge in [-0.15, -0.1) is 0 Å². The van der Waals surface area contributed by atoms with E-state index in [1.165, 1.54) is 24.5 Å². The van der Waals surface area contributed by atoms with E-state index in [0.717, 1.165) is 26.5 Å². The van der Waals surface area contributed by atoms with Gasteiger partial charge >= 0.3 is 0 Å². The lowest BCUT2D eigenvalue weighted by Gasteiger charge is -2.30. The van der Waals surface area contributed by atoms with Gasteiger partial charge in [0.1, 0.15) is 29.9 Å². The van der Waals surface area contributed by atoms with E-state index in [0.29, 0.717) is 17.5 Å². The van der Waals surface area contributed by atoms with Gasteiger partial charge in [-0.05, 0) is 60.1 Å². The second kappa shape index (κ2) is 30.3. The molecule has 1 aromatic heterocycles. The van der Waals surface area contributed by atoms with Crippen molar-refractivity contribution in [2.45, 2.75) is 115 Å². The van der Waals surface area contributed by atoms with Gasteiger partial charge in [0.2, 0.25) is 64.7 Å². The van der Waals surface area contributed by atoms with Crippen molar-refractivity contribution in [2.75, 3.05) is 24.6 Å². The third kappa shape index (κ3) is 21.0. The first kappa shape index (κ1) is 59.7. The monoisotopic (exact) mass is 1040 g/mol. The SMILES string of the molecule is CC[C@H](C)[C@@H]1NC(=O)[C@H](Cc2ccc(O)cc2)NC(=O)CCSSC[C@@H](C(=O)N(CC(=O)N[C@@H](CC(C)C)C(=O)NCC(N)=O)Cc2ccncc2)NN[C@@H](CC(N)=O)C(=O)C(=O)[C@H](CCC(N)=O)NC1=O. The van der Waals surface area contributed by atoms with Crippen LogP contribution in [0.25, 0.3) is 0 Å². The van der Waals surface area contributed by atoms with Gasteiger partial charge in [0.05, 0.1) is 31.6 Å². The number of carbonyl (C=O) groups is 11. The van der Waals surface area contributed by atoms with Gasteiger partial charge in [0.25, 0.3) is 0 Å². The average molecular weight is 1040 g/mol. The summed E-state index contributed by atoms with van der Waals surface area (Å²) in [6.45, 7) is 5.70. The van der Waals surface area contributed by atoms with Crippen LogP contribution in [0.2, 0.25) is 0 Å². The summed E-state index contributed by atoms with van der Waals surface area (Å²) in [5.74, 6) is -10.5. The number of ketones is 2. The Morgan fingerprint density at radius 2 is 1.47 bits per heavy atom. The fraction of sp³-hybridized carbons (Fsp3) is 0.522. The first-order valence-electron chi connectivity index (χ1n) is 23.2. The van der Waals surface area contributed by atoms with Gasteiger partial charge in [-0.25, -0.2) is 10.9 Å². The van der Waals surface area contributed by atoms with Crippen LogP contribution in [0.3, 0.4) is 0 Å². The van der Waals surface area contributed by atoms with Crippen molar-refractivity contribution in [1.82, 2.24) is 47.3 Å². The molecule has 26 heteroatoms. The quantitative estimate of drug-likeness (QED) is 0.0499. The summed E-state index contributed by atoms with van der Waals surface area (Å²) >= 11 is 0. The highest BCUT2D eigenvalue weighted by molar-refractivity contribution is 8.76. The summed E-state index contributed by atoms with van der Waals surface area (Å²) in [5, 5.41) is 22.7. The van der Waals surface area contributed by atoms with Gasteiger partial charge in [0.15, 0.2) is 0 Å². The maximum Gasteiger partial charge on any atom is 0.243 e. The number of benzene rings is 1. The predicted molar refractivity (Wildman–Crippen MR) is 266 cm³/mol. The number of aromatic hydroxyl groups is 1. The number of Topliss-reactive ketones (excluding diaryl/α,β-unsaturated/α-hetero) is 2. The molecule has 1 aliphatic heterocycles. The van der Waals surface area contributed by atoms with Crippen LogP contribution in [0.1, 0.15) is 77.3 Å². The van der Waals surface area contributed by atoms with Gasteiger partial charge in [0, 0.05) is 49.7 Å². The highest BCUT2D eigenvalue weighted by Crippen LogP contribution is 2.24. The molecule has 9 amide bonds. The maximum absolute atomic E-state index is 14.7. The van der Waals surface area contributed by atoms with Crippen molar-refractivity contribution in [2.24, 2.45) is 29.0 Å². The molecule has 0 bridgehead atoms. The Labute approximate surface area is 424 Å². The molecule has 1 fully saturated rings. The van der Waals surface area contributed by atoms with Gasteiger partial charge in [-0.3, -0.25) is 57.7 Å². The van der Waals surface area contributed by atoms with E-state index in [-0.39, 0.29) is 49.0 Å². The van der Waals surface area contributed by atoms with Crippen LogP contribution < -0.4 is 54.6 Å². The first-order chi connectivity index (χ1) is 34.1. The fourth-order valence-corrected chi connectivity index (χ4v) is 9.26. The molecule has 0 saturated carbocycles. The van der Waals surface area contributed by atoms with Crippen LogP contribution in [0, 0.1) is 11.8 Å². The second-order valence-corrected chi connectivity index (χ2v) is 20.2. The zero-order chi connectivity index (χ0) is 53.5. The van der Waals surface area contributed by atoms with E-state index in [1.807, 2.05) is 13.8 Å². The van der Waals surface area contributed by atoms with Gasteiger partial charge in [-0.2, -0.15) is 0 Å². The zero-order valence-corrected chi connectivity index (χ0v) is 42.2. The van der Waals surface area contributed by atoms with Crippen molar-refractivity contribution in [3.05, 3.63) is 59.9 Å². The molecule has 0 aliphatic carbocycles. The van der Waals surface area contributed by atoms with Gasteiger partial charge < -0.3 is 53.8 Å². The molecule has 2 heterocycles. The zero-order valence-electron chi connectivity index (χ0n) is 40.6. The lowest BCUT2D eigenvalue weighted by molar-refractivity contribution is -0.142. The molecule has 1 aromatic carbocycles. The number of hydrazine groups is 1. The van der Waals surface area contributed by atoms with E-state index in [9.17, 15) is 57.8 Å². The molecule has 72 heavy (non-hydrogen) atoms. The molecule has 7 atom stereocenters. The smallest absolute Gasteiger partial charge is 0.243 e. The Hall–Kier alpha value is -6.64. The summed E-state index contributed by atoms with van der Waals surface area (Å²) < 4.78 is 0. The number of aromatic nitrogens is 1. The van der Waals surface area contributed by atoms with Crippen LogP contribution >= 0.6 is 21.6 Å². The van der Waals surface area contributed by atoms with Crippen LogP contribution in [0.15, 0.2) is 48.8 Å². The first-order valence-corrected chi connectivity index (χ1v) is 25.7. The highest BCUT2D eigenvalue weighted by atomic mass is 33.1. The lowest BCUT2D eigenvalue weighted by atomic mass is 9.94. The summed E-state index contributed by atoms with van der Waals surface area (Å²) in [4.78, 5) is 153. The Morgan fingerprint density at radius 1 is 0.806 bits per heavy atom. The molecule has 2 aromatic rings. The molecule has 0 radical (unpaired) electrons. The molecule has 1 saturated heterocycles. The number of hydrogen-bond acceptors (Lipinski definition) is 17. The molecular weight excluding hydrogens is 977 g/mol. The second-order valence-electron chi connectivity index (χ2n) is 17.6. The number of rotatable bonds is 20. The molecular formula is C46H66N12O12S2. The number of hydrogen-bond donors (Lipinski definition) is 11. The molecule has 394 valence electrons. The Morgan fingerprint density at radius 3 is 2.08 bits per heavy atom. The minimum absolute atomic E-state index is 0.0379. The number of nitrogens with one attached hydrogen (secondary N) is 7. The summed E-state index contributed by atoms with van der Waals surface area (Å²) in [7, 11) is 2.25. The van der Waals surface area contributed by atoms with Crippen LogP contribution in [-0.4, -0.2) is 141 Å². The van der Waals surface area contributed by atoms with E-state index < -0.39 is 139 Å². The summed E-state index contributed by atoms with van der Waals surface area (Å²) in [6.07, 6.45) is 1.44. The van der Waals surface area contributed by atoms with E-state index in [2.05, 4.69) is 42.4 Å². The van der Waals surface area contributed by atoms with E-state index in [4.69, 9.17) is 17.2 Å². The Balaban J connectivity index is 2.09. The Kier molecular flexibility index (Phi) is 25.1. The molecule has 14 N–H and O–H groups in total. The summed E-state index contributed by atoms with van der Waals surface area (Å²) in [5.41, 5.74) is 22.6.